The Kier molecular flexibility index (Phi) is 7.31. The van der Waals surface area contributed by atoms with Gasteiger partial charge in [-0.25, -0.2) is 0 Å². The van der Waals surface area contributed by atoms with Gasteiger partial charge >= 0.3 is 0 Å². The van der Waals surface area contributed by atoms with Gasteiger partial charge < -0.3 is 16.0 Å². The van der Waals surface area contributed by atoms with Crippen molar-refractivity contribution in [2.45, 2.75) is 26.8 Å². The van der Waals surface area contributed by atoms with Crippen LogP contribution in [-0.2, 0) is 0 Å². The number of nitrogens with two attached hydrogens (primary N) is 1. The molecule has 0 saturated heterocycles. The van der Waals surface area contributed by atoms with Crippen LogP contribution >= 0.6 is 11.3 Å². The molecule has 1 unspecified atom stereocenters. The number of nitrogens with zero attached hydrogens (tertiary/aromatic N) is 1. The molecule has 1 atom stereocenters. The molecule has 0 bridgehead atoms. The average molecular weight is 293 g/mol. The molecule has 1 heterocycles. The molecule has 1 amide bonds. The number of carbonyl (C=O) groups is 1. The Hall–Kier alpha value is -1.35. The van der Waals surface area contributed by atoms with Gasteiger partial charge in [-0.3, -0.25) is 4.79 Å². The molecule has 5 heteroatoms. The quantitative estimate of drug-likeness (QED) is 0.782. The summed E-state index contributed by atoms with van der Waals surface area (Å²) >= 11 is 1.47. The second-order valence-electron chi connectivity index (χ2n) is 4.57. The summed E-state index contributed by atoms with van der Waals surface area (Å²) < 4.78 is 0. The highest BCUT2D eigenvalue weighted by molar-refractivity contribution is 7.10. The van der Waals surface area contributed by atoms with Gasteiger partial charge in [-0.05, 0) is 26.1 Å². The average Bonchev–Trinajstić information content (AvgIpc) is 2.91. The van der Waals surface area contributed by atoms with E-state index in [2.05, 4.69) is 35.9 Å². The largest absolute Gasteiger partial charge is 0.348 e. The number of carbonyl (C=O) groups excluding carboxylic acids is 1. The molecule has 0 aliphatic heterocycles. The Balaban J connectivity index is 2.55. The minimum Gasteiger partial charge on any atom is -0.348 e. The lowest BCUT2D eigenvalue weighted by atomic mass is 10.2. The van der Waals surface area contributed by atoms with E-state index in [1.807, 2.05) is 18.4 Å². The summed E-state index contributed by atoms with van der Waals surface area (Å²) in [5.74, 6) is 5.69. The number of nitrogens with one attached hydrogen (secondary N) is 1. The lowest BCUT2D eigenvalue weighted by molar-refractivity contribution is 0.0931. The molecular weight excluding hydrogens is 270 g/mol. The van der Waals surface area contributed by atoms with Gasteiger partial charge in [0.1, 0.15) is 0 Å². The maximum atomic E-state index is 12.1. The maximum Gasteiger partial charge on any atom is 0.252 e. The van der Waals surface area contributed by atoms with E-state index in [0.29, 0.717) is 12.1 Å². The van der Waals surface area contributed by atoms with E-state index >= 15 is 0 Å². The lowest BCUT2D eigenvalue weighted by Gasteiger charge is -2.23. The third kappa shape index (κ3) is 5.33. The summed E-state index contributed by atoms with van der Waals surface area (Å²) in [6, 6.07) is 1.94. The second-order valence-corrected chi connectivity index (χ2v) is 5.48. The Labute approximate surface area is 125 Å². The first-order valence-corrected chi connectivity index (χ1v) is 7.79. The number of rotatable bonds is 6. The van der Waals surface area contributed by atoms with Crippen LogP contribution in [0.2, 0.25) is 0 Å². The first-order valence-electron chi connectivity index (χ1n) is 6.91. The van der Waals surface area contributed by atoms with E-state index in [-0.39, 0.29) is 11.9 Å². The SMILES string of the molecule is CCN(CC)CC(C)NC(=O)c1csc(C#CCN)c1. The van der Waals surface area contributed by atoms with Crippen molar-refractivity contribution < 1.29 is 4.79 Å². The molecular formula is C15H23N3OS. The third-order valence-corrected chi connectivity index (χ3v) is 3.82. The van der Waals surface area contributed by atoms with Gasteiger partial charge in [0.05, 0.1) is 17.0 Å². The maximum absolute atomic E-state index is 12.1. The van der Waals surface area contributed by atoms with Crippen molar-refractivity contribution in [1.82, 2.24) is 10.2 Å². The molecule has 0 aliphatic rings. The number of hydrogen-bond donors (Lipinski definition) is 2. The molecule has 0 aliphatic carbocycles. The molecule has 0 aromatic carbocycles. The zero-order valence-electron chi connectivity index (χ0n) is 12.4. The molecule has 1 aromatic rings. The highest BCUT2D eigenvalue weighted by Gasteiger charge is 2.13. The van der Waals surface area contributed by atoms with Gasteiger partial charge in [0.25, 0.3) is 5.91 Å². The number of hydrogen-bond acceptors (Lipinski definition) is 4. The Bertz CT molecular complexity index is 483. The van der Waals surface area contributed by atoms with Crippen molar-refractivity contribution in [2.75, 3.05) is 26.2 Å². The van der Waals surface area contributed by atoms with Crippen molar-refractivity contribution in [1.29, 1.82) is 0 Å². The third-order valence-electron chi connectivity index (χ3n) is 2.98. The molecule has 0 saturated carbocycles. The van der Waals surface area contributed by atoms with E-state index in [0.717, 1.165) is 24.5 Å². The molecule has 110 valence electrons. The van der Waals surface area contributed by atoms with Gasteiger partial charge in [0.2, 0.25) is 0 Å². The Morgan fingerprint density at radius 1 is 1.50 bits per heavy atom. The van der Waals surface area contributed by atoms with Crippen LogP contribution in [0.25, 0.3) is 0 Å². The smallest absolute Gasteiger partial charge is 0.252 e. The van der Waals surface area contributed by atoms with E-state index in [4.69, 9.17) is 5.73 Å². The number of thiophene rings is 1. The molecule has 0 spiro atoms. The zero-order chi connectivity index (χ0) is 15.0. The number of amides is 1. The zero-order valence-corrected chi connectivity index (χ0v) is 13.2. The molecule has 0 radical (unpaired) electrons. The van der Waals surface area contributed by atoms with Crippen LogP contribution in [0.5, 0.6) is 0 Å². The molecule has 1 aromatic heterocycles. The number of likely N-dealkylation sites (N-methyl/N-ethyl adjacent to an activating group) is 1. The van der Waals surface area contributed by atoms with Crippen LogP contribution in [0.15, 0.2) is 11.4 Å². The predicted molar refractivity (Wildman–Crippen MR) is 85.0 cm³/mol. The van der Waals surface area contributed by atoms with Crippen molar-refractivity contribution >= 4 is 17.2 Å². The van der Waals surface area contributed by atoms with Crippen molar-refractivity contribution in [3.63, 3.8) is 0 Å². The van der Waals surface area contributed by atoms with Crippen LogP contribution in [0.1, 0.15) is 36.0 Å². The van der Waals surface area contributed by atoms with E-state index < -0.39 is 0 Å². The summed E-state index contributed by atoms with van der Waals surface area (Å²) in [7, 11) is 0. The van der Waals surface area contributed by atoms with Crippen molar-refractivity contribution in [2.24, 2.45) is 5.73 Å². The normalized spacial score (nSPS) is 11.8. The highest BCUT2D eigenvalue weighted by atomic mass is 32.1. The van der Waals surface area contributed by atoms with Gasteiger partial charge in [-0.1, -0.05) is 25.7 Å². The second kappa shape index (κ2) is 8.75. The Morgan fingerprint density at radius 2 is 2.20 bits per heavy atom. The van der Waals surface area contributed by atoms with Gasteiger partial charge in [-0.2, -0.15) is 0 Å². The topological polar surface area (TPSA) is 58.4 Å². The fourth-order valence-electron chi connectivity index (χ4n) is 1.88. The van der Waals surface area contributed by atoms with Gasteiger partial charge in [-0.15, -0.1) is 11.3 Å². The summed E-state index contributed by atoms with van der Waals surface area (Å²) in [6.45, 7) is 9.46. The van der Waals surface area contributed by atoms with Crippen molar-refractivity contribution in [3.05, 3.63) is 21.9 Å². The molecule has 4 nitrogen and oxygen atoms in total. The molecule has 20 heavy (non-hydrogen) atoms. The molecule has 3 N–H and O–H groups in total. The van der Waals surface area contributed by atoms with Gasteiger partial charge in [0.15, 0.2) is 0 Å². The summed E-state index contributed by atoms with van der Waals surface area (Å²) in [6.07, 6.45) is 0. The van der Waals surface area contributed by atoms with Crippen LogP contribution in [0.4, 0.5) is 0 Å². The molecule has 1 rings (SSSR count). The van der Waals surface area contributed by atoms with E-state index in [9.17, 15) is 4.79 Å². The summed E-state index contributed by atoms with van der Waals surface area (Å²) in [5, 5.41) is 4.85. The van der Waals surface area contributed by atoms with Crippen LogP contribution < -0.4 is 11.1 Å². The summed E-state index contributed by atoms with van der Waals surface area (Å²) in [4.78, 5) is 15.3. The van der Waals surface area contributed by atoms with Crippen LogP contribution in [0.3, 0.4) is 0 Å². The standard InChI is InChI=1S/C15H23N3OS/c1-4-18(5-2)10-12(3)17-15(19)13-9-14(20-11-13)7-6-8-16/h9,11-12H,4-5,8,10,16H2,1-3H3,(H,17,19). The minimum absolute atomic E-state index is 0.0401. The first kappa shape index (κ1) is 16.7. The van der Waals surface area contributed by atoms with E-state index in [1.54, 1.807) is 0 Å². The van der Waals surface area contributed by atoms with Crippen molar-refractivity contribution in [3.8, 4) is 11.8 Å². The monoisotopic (exact) mass is 293 g/mol. The van der Waals surface area contributed by atoms with E-state index in [1.165, 1.54) is 11.3 Å². The summed E-state index contributed by atoms with van der Waals surface area (Å²) in [5.41, 5.74) is 6.00. The lowest BCUT2D eigenvalue weighted by Crippen LogP contribution is -2.41. The minimum atomic E-state index is -0.0401. The van der Waals surface area contributed by atoms with Gasteiger partial charge in [0, 0.05) is 18.0 Å². The Morgan fingerprint density at radius 3 is 2.80 bits per heavy atom. The predicted octanol–water partition coefficient (Wildman–Crippen LogP) is 1.52. The fourth-order valence-corrected chi connectivity index (χ4v) is 2.64. The fraction of sp³-hybridized carbons (Fsp3) is 0.533. The highest BCUT2D eigenvalue weighted by Crippen LogP contribution is 2.13. The molecule has 0 fully saturated rings. The van der Waals surface area contributed by atoms with Crippen LogP contribution in [-0.4, -0.2) is 43.0 Å². The first-order chi connectivity index (χ1) is 9.60. The van der Waals surface area contributed by atoms with Crippen LogP contribution in [0, 0.1) is 11.8 Å².